The average Bonchev–Trinajstić information content (AvgIpc) is 2.33. The van der Waals surface area contributed by atoms with Crippen molar-refractivity contribution in [3.63, 3.8) is 0 Å². The predicted molar refractivity (Wildman–Crippen MR) is 106 cm³/mol. The van der Waals surface area contributed by atoms with Crippen LogP contribution in [0.2, 0.25) is 5.28 Å². The molecule has 0 aliphatic rings. The van der Waals surface area contributed by atoms with Crippen molar-refractivity contribution >= 4 is 35.3 Å². The first-order valence-corrected chi connectivity index (χ1v) is 8.64. The molecule has 0 saturated carbocycles. The summed E-state index contributed by atoms with van der Waals surface area (Å²) < 4.78 is 0. The van der Waals surface area contributed by atoms with Gasteiger partial charge in [0.2, 0.25) is 29.0 Å². The first-order chi connectivity index (χ1) is 11.6. The third-order valence-corrected chi connectivity index (χ3v) is 3.19. The van der Waals surface area contributed by atoms with Gasteiger partial charge in [-0.05, 0) is 29.4 Å². The second kappa shape index (κ2) is 9.62. The number of rotatable bonds is 2. The maximum Gasteiger partial charge on any atom is 0.235 e. The molecule has 2 amide bonds. The third-order valence-electron chi connectivity index (χ3n) is 3.02. The molecule has 0 unspecified atom stereocenters. The summed E-state index contributed by atoms with van der Waals surface area (Å²) in [4.78, 5) is 32.5. The number of aromatic nitrogens is 3. The summed E-state index contributed by atoms with van der Waals surface area (Å²) in [5.74, 6) is -0.699. The van der Waals surface area contributed by atoms with Gasteiger partial charge in [-0.15, -0.1) is 0 Å². The van der Waals surface area contributed by atoms with E-state index in [0.29, 0.717) is 10.8 Å². The fraction of sp³-hybridized carbons (Fsp3) is 0.611. The zero-order valence-corrected chi connectivity index (χ0v) is 17.9. The van der Waals surface area contributed by atoms with E-state index < -0.39 is 0 Å². The Bertz CT molecular complexity index is 639. The van der Waals surface area contributed by atoms with Crippen molar-refractivity contribution in [3.8, 4) is 0 Å². The summed E-state index contributed by atoms with van der Waals surface area (Å²) in [6.45, 7) is 18.3. The van der Waals surface area contributed by atoms with E-state index in [0.717, 1.165) is 0 Å². The van der Waals surface area contributed by atoms with Crippen LogP contribution in [0.3, 0.4) is 0 Å². The summed E-state index contributed by atoms with van der Waals surface area (Å²) >= 11 is 5.55. The Balaban J connectivity index is 0.000000508. The van der Waals surface area contributed by atoms with Crippen LogP contribution in [-0.4, -0.2) is 26.8 Å². The number of hydrogen-bond acceptors (Lipinski definition) is 5. The molecule has 0 fully saturated rings. The zero-order chi connectivity index (χ0) is 20.7. The van der Waals surface area contributed by atoms with Gasteiger partial charge in [0.05, 0.1) is 0 Å². The average molecular weight is 384 g/mol. The second-order valence-corrected chi connectivity index (χ2v) is 8.40. The number of halogens is 1. The molecule has 7 nitrogen and oxygen atoms in total. The van der Waals surface area contributed by atoms with Crippen LogP contribution in [0.15, 0.2) is 11.6 Å². The minimum atomic E-state index is -0.342. The quantitative estimate of drug-likeness (QED) is 0.734. The molecular formula is C18H30ClN5O2. The number of anilines is 2. The van der Waals surface area contributed by atoms with E-state index in [1.54, 1.807) is 0 Å². The maximum absolute atomic E-state index is 10.7. The van der Waals surface area contributed by atoms with E-state index in [2.05, 4.69) is 80.1 Å². The molecule has 0 aliphatic carbocycles. The maximum atomic E-state index is 10.7. The lowest BCUT2D eigenvalue weighted by atomic mass is 9.82. The number of carbonyl (C=O) groups is 2. The molecule has 0 bridgehead atoms. The van der Waals surface area contributed by atoms with E-state index in [1.807, 2.05) is 0 Å². The lowest BCUT2D eigenvalue weighted by Gasteiger charge is -2.23. The molecule has 1 aromatic heterocycles. The fourth-order valence-corrected chi connectivity index (χ4v) is 1.80. The van der Waals surface area contributed by atoms with Crippen LogP contribution in [0, 0.1) is 10.8 Å². The van der Waals surface area contributed by atoms with Crippen molar-refractivity contribution in [1.82, 2.24) is 15.0 Å². The van der Waals surface area contributed by atoms with Gasteiger partial charge >= 0.3 is 0 Å². The van der Waals surface area contributed by atoms with Gasteiger partial charge in [-0.1, -0.05) is 53.2 Å². The molecule has 8 heteroatoms. The van der Waals surface area contributed by atoms with E-state index in [-0.39, 0.29) is 29.0 Å². The highest BCUT2D eigenvalue weighted by Crippen LogP contribution is 2.29. The highest BCUT2D eigenvalue weighted by atomic mass is 35.5. The van der Waals surface area contributed by atoms with Gasteiger partial charge in [-0.2, -0.15) is 15.0 Å². The molecule has 0 radical (unpaired) electrons. The third kappa shape index (κ3) is 11.5. The monoisotopic (exact) mass is 383 g/mol. The SMILES string of the molecule is C/C(=C/C(C)(C)C)C(C)(C)C.CC(=O)Nc1nc(Cl)nc(NC(C)=O)n1. The number of nitrogens with zero attached hydrogens (tertiary/aromatic N) is 3. The number of nitrogens with one attached hydrogen (secondary N) is 2. The van der Waals surface area contributed by atoms with Gasteiger partial charge in [-0.25, -0.2) is 0 Å². The summed E-state index contributed by atoms with van der Waals surface area (Å²) in [6, 6.07) is 0. The van der Waals surface area contributed by atoms with Crippen molar-refractivity contribution in [2.24, 2.45) is 10.8 Å². The molecule has 146 valence electrons. The Morgan fingerprint density at radius 2 is 1.23 bits per heavy atom. The van der Waals surface area contributed by atoms with Crippen LogP contribution in [-0.2, 0) is 9.59 Å². The number of allylic oxidation sites excluding steroid dienone is 2. The van der Waals surface area contributed by atoms with Crippen LogP contribution >= 0.6 is 11.6 Å². The highest BCUT2D eigenvalue weighted by molar-refractivity contribution is 6.28. The Hall–Kier alpha value is -2.02. The van der Waals surface area contributed by atoms with Crippen molar-refractivity contribution < 1.29 is 9.59 Å². The van der Waals surface area contributed by atoms with Crippen molar-refractivity contribution in [2.75, 3.05) is 10.6 Å². The topological polar surface area (TPSA) is 96.9 Å². The largest absolute Gasteiger partial charge is 0.295 e. The van der Waals surface area contributed by atoms with E-state index in [1.165, 1.54) is 19.4 Å². The van der Waals surface area contributed by atoms with Crippen molar-refractivity contribution in [3.05, 3.63) is 16.9 Å². The lowest BCUT2D eigenvalue weighted by Crippen LogP contribution is -2.14. The minimum absolute atomic E-state index is 0.00810. The Morgan fingerprint density at radius 3 is 1.46 bits per heavy atom. The molecule has 0 saturated heterocycles. The van der Waals surface area contributed by atoms with Crippen molar-refractivity contribution in [2.45, 2.75) is 62.3 Å². The Morgan fingerprint density at radius 1 is 0.846 bits per heavy atom. The van der Waals surface area contributed by atoms with Gasteiger partial charge in [0.1, 0.15) is 0 Å². The predicted octanol–water partition coefficient (Wildman–Crippen LogP) is 4.47. The van der Waals surface area contributed by atoms with Gasteiger partial charge < -0.3 is 0 Å². The van der Waals surface area contributed by atoms with E-state index >= 15 is 0 Å². The lowest BCUT2D eigenvalue weighted by molar-refractivity contribution is -0.115. The van der Waals surface area contributed by atoms with Crippen LogP contribution in [0.1, 0.15) is 62.3 Å². The van der Waals surface area contributed by atoms with Gasteiger partial charge in [0.25, 0.3) is 0 Å². The molecule has 0 aliphatic heterocycles. The fourth-order valence-electron chi connectivity index (χ4n) is 1.64. The summed E-state index contributed by atoms with van der Waals surface area (Å²) in [6.07, 6.45) is 2.35. The normalized spacial score (nSPS) is 12.0. The molecule has 0 spiro atoms. The van der Waals surface area contributed by atoms with Gasteiger partial charge in [-0.3, -0.25) is 20.2 Å². The minimum Gasteiger partial charge on any atom is -0.295 e. The Kier molecular flexibility index (Phi) is 8.87. The summed E-state index contributed by atoms with van der Waals surface area (Å²) in [7, 11) is 0. The first-order valence-electron chi connectivity index (χ1n) is 8.27. The van der Waals surface area contributed by atoms with Crippen LogP contribution in [0.5, 0.6) is 0 Å². The number of amides is 2. The zero-order valence-electron chi connectivity index (χ0n) is 17.1. The molecule has 1 rings (SSSR count). The molecule has 1 aromatic rings. The highest BCUT2D eigenvalue weighted by Gasteiger charge is 2.15. The summed E-state index contributed by atoms with van der Waals surface area (Å²) in [5.41, 5.74) is 2.12. The molecule has 2 N–H and O–H groups in total. The van der Waals surface area contributed by atoms with E-state index in [4.69, 9.17) is 11.6 Å². The van der Waals surface area contributed by atoms with E-state index in [9.17, 15) is 9.59 Å². The summed E-state index contributed by atoms with van der Waals surface area (Å²) in [5, 5.41) is 4.53. The molecule has 0 atom stereocenters. The number of carbonyl (C=O) groups excluding carboxylic acids is 2. The standard InChI is InChI=1S/C11H22.C7H8ClN5O2/c1-9(11(5,6)7)8-10(2,3)4;1-3(14)9-6-11-5(8)12-7(13-6)10-4(2)15/h8H,1-7H3;1-2H3,(H2,9,10,11,12,13,14,15)/b9-8-;. The first kappa shape index (κ1) is 24.0. The number of hydrogen-bond donors (Lipinski definition) is 2. The van der Waals surface area contributed by atoms with Crippen LogP contribution in [0.25, 0.3) is 0 Å². The van der Waals surface area contributed by atoms with Crippen molar-refractivity contribution in [1.29, 1.82) is 0 Å². The second-order valence-electron chi connectivity index (χ2n) is 8.06. The van der Waals surface area contributed by atoms with Crippen LogP contribution in [0.4, 0.5) is 11.9 Å². The molecule has 26 heavy (non-hydrogen) atoms. The Labute approximate surface area is 161 Å². The van der Waals surface area contributed by atoms with Gasteiger partial charge in [0, 0.05) is 13.8 Å². The smallest absolute Gasteiger partial charge is 0.235 e. The molecule has 1 heterocycles. The molecular weight excluding hydrogens is 354 g/mol. The molecule has 0 aromatic carbocycles. The van der Waals surface area contributed by atoms with Gasteiger partial charge in [0.15, 0.2) is 0 Å². The van der Waals surface area contributed by atoms with Crippen LogP contribution < -0.4 is 10.6 Å².